The van der Waals surface area contributed by atoms with E-state index in [2.05, 4.69) is 111 Å². The van der Waals surface area contributed by atoms with Gasteiger partial charge in [0.2, 0.25) is 0 Å². The van der Waals surface area contributed by atoms with Crippen LogP contribution >= 0.6 is 0 Å². The van der Waals surface area contributed by atoms with Gasteiger partial charge in [-0.25, -0.2) is 0 Å². The first-order valence-electron chi connectivity index (χ1n) is 12.7. The lowest BCUT2D eigenvalue weighted by atomic mass is 9.69. The summed E-state index contributed by atoms with van der Waals surface area (Å²) in [5.74, 6) is 0. The first kappa shape index (κ1) is 23.8. The third kappa shape index (κ3) is 3.76. The Balaban J connectivity index is 1.94. The lowest BCUT2D eigenvalue weighted by Crippen LogP contribution is -2.25. The van der Waals surface area contributed by atoms with Gasteiger partial charge < -0.3 is 0 Å². The molecule has 0 aliphatic heterocycles. The van der Waals surface area contributed by atoms with Gasteiger partial charge in [0, 0.05) is 10.8 Å². The average molecular weight is 439 g/mol. The Morgan fingerprint density at radius 1 is 0.970 bits per heavy atom. The van der Waals surface area contributed by atoms with E-state index < -0.39 is 0 Å². The van der Waals surface area contributed by atoms with Crippen molar-refractivity contribution in [2.75, 3.05) is 0 Å². The van der Waals surface area contributed by atoms with Gasteiger partial charge in [0.1, 0.15) is 0 Å². The van der Waals surface area contributed by atoms with Gasteiger partial charge in [0.05, 0.1) is 0 Å². The Morgan fingerprint density at radius 3 is 2.12 bits per heavy atom. The standard InChI is InChI=1S/C33H42/c1-11-33(10,24-15-13-23(14-16-24)31(5,6)7)30-20-27-25-17-12-22(4)18-28(25)32(8,9)29(27)19-26(30)21(2)3/h13-16,18-20H,2,11-12,17H2,1,3-10H3. The van der Waals surface area contributed by atoms with E-state index in [1.807, 2.05) is 0 Å². The second-order valence-corrected chi connectivity index (χ2v) is 12.2. The maximum absolute atomic E-state index is 4.42. The van der Waals surface area contributed by atoms with E-state index in [-0.39, 0.29) is 16.2 Å². The van der Waals surface area contributed by atoms with E-state index >= 15 is 0 Å². The Hall–Kier alpha value is -2.34. The molecule has 2 aliphatic carbocycles. The van der Waals surface area contributed by atoms with Crippen LogP contribution in [0.25, 0.3) is 11.1 Å². The fraction of sp³-hybridized carbons (Fsp3) is 0.455. The number of hydrogen-bond donors (Lipinski definition) is 0. The van der Waals surface area contributed by atoms with Crippen molar-refractivity contribution in [2.24, 2.45) is 0 Å². The van der Waals surface area contributed by atoms with Gasteiger partial charge in [-0.1, -0.05) is 96.5 Å². The quantitative estimate of drug-likeness (QED) is 0.446. The molecule has 0 heterocycles. The first-order chi connectivity index (χ1) is 15.3. The van der Waals surface area contributed by atoms with Crippen molar-refractivity contribution >= 4 is 11.1 Å². The molecule has 0 nitrogen and oxygen atoms in total. The van der Waals surface area contributed by atoms with Crippen LogP contribution in [-0.2, 0) is 16.2 Å². The monoisotopic (exact) mass is 438 g/mol. The predicted octanol–water partition coefficient (Wildman–Crippen LogP) is 9.52. The summed E-state index contributed by atoms with van der Waals surface area (Å²) in [6.07, 6.45) is 5.84. The van der Waals surface area contributed by atoms with Gasteiger partial charge in [0.25, 0.3) is 0 Å². The molecule has 1 unspecified atom stereocenters. The highest BCUT2D eigenvalue weighted by molar-refractivity contribution is 5.86. The molecular weight excluding hydrogens is 396 g/mol. The fourth-order valence-corrected chi connectivity index (χ4v) is 5.91. The SMILES string of the molecule is C=C(C)c1cc2c(cc1C(C)(CC)c1ccc(C(C)(C)C)cc1)C1=C(C=C(C)CC1)C2(C)C. The molecule has 0 saturated heterocycles. The summed E-state index contributed by atoms with van der Waals surface area (Å²) in [5.41, 5.74) is 14.4. The molecule has 4 rings (SSSR count). The summed E-state index contributed by atoms with van der Waals surface area (Å²) < 4.78 is 0. The largest absolute Gasteiger partial charge is 0.0955 e. The third-order valence-electron chi connectivity index (χ3n) is 8.46. The van der Waals surface area contributed by atoms with Crippen LogP contribution in [0.15, 0.2) is 60.2 Å². The Morgan fingerprint density at radius 2 is 1.58 bits per heavy atom. The molecule has 1 atom stereocenters. The van der Waals surface area contributed by atoms with Crippen molar-refractivity contribution in [2.45, 2.75) is 97.8 Å². The van der Waals surface area contributed by atoms with E-state index in [0.29, 0.717) is 0 Å². The van der Waals surface area contributed by atoms with E-state index in [1.54, 1.807) is 5.57 Å². The molecule has 0 amide bonds. The van der Waals surface area contributed by atoms with Gasteiger partial charge in [0.15, 0.2) is 0 Å². The fourth-order valence-electron chi connectivity index (χ4n) is 5.91. The molecule has 2 aromatic carbocycles. The van der Waals surface area contributed by atoms with Crippen LogP contribution in [0.4, 0.5) is 0 Å². The number of hydrogen-bond acceptors (Lipinski definition) is 0. The Labute approximate surface area is 202 Å². The lowest BCUT2D eigenvalue weighted by Gasteiger charge is -2.34. The smallest absolute Gasteiger partial charge is 0.0178 e. The highest BCUT2D eigenvalue weighted by atomic mass is 14.4. The van der Waals surface area contributed by atoms with Crippen molar-refractivity contribution in [3.63, 3.8) is 0 Å². The molecular formula is C33H42. The van der Waals surface area contributed by atoms with Crippen LogP contribution in [0.3, 0.4) is 0 Å². The van der Waals surface area contributed by atoms with Crippen molar-refractivity contribution < 1.29 is 0 Å². The number of rotatable bonds is 4. The summed E-state index contributed by atoms with van der Waals surface area (Å²) in [5, 5.41) is 0. The highest BCUT2D eigenvalue weighted by Gasteiger charge is 2.40. The van der Waals surface area contributed by atoms with Crippen LogP contribution in [0.1, 0.15) is 115 Å². The van der Waals surface area contributed by atoms with Crippen molar-refractivity contribution in [3.05, 3.63) is 93.6 Å². The number of allylic oxidation sites excluding steroid dienone is 5. The second-order valence-electron chi connectivity index (χ2n) is 12.2. The minimum atomic E-state index is -0.0619. The highest BCUT2D eigenvalue weighted by Crippen LogP contribution is 2.53. The molecule has 0 fully saturated rings. The van der Waals surface area contributed by atoms with Crippen LogP contribution in [0.2, 0.25) is 0 Å². The molecule has 0 radical (unpaired) electrons. The molecule has 2 aromatic rings. The van der Waals surface area contributed by atoms with Crippen molar-refractivity contribution in [1.82, 2.24) is 0 Å². The van der Waals surface area contributed by atoms with E-state index in [1.165, 1.54) is 50.9 Å². The molecule has 2 aliphatic rings. The first-order valence-corrected chi connectivity index (χ1v) is 12.7. The Bertz CT molecular complexity index is 1170. The minimum absolute atomic E-state index is 0.0477. The normalized spacial score (nSPS) is 19.0. The predicted molar refractivity (Wildman–Crippen MR) is 146 cm³/mol. The molecule has 0 aromatic heterocycles. The van der Waals surface area contributed by atoms with Crippen molar-refractivity contribution in [1.29, 1.82) is 0 Å². The summed E-state index contributed by atoms with van der Waals surface area (Å²) in [4.78, 5) is 0. The number of benzene rings is 2. The van der Waals surface area contributed by atoms with Crippen LogP contribution in [0, 0.1) is 0 Å². The van der Waals surface area contributed by atoms with Gasteiger partial charge >= 0.3 is 0 Å². The summed E-state index contributed by atoms with van der Waals surface area (Å²) >= 11 is 0. The molecule has 0 heteroatoms. The third-order valence-corrected chi connectivity index (χ3v) is 8.46. The molecule has 174 valence electrons. The van der Waals surface area contributed by atoms with Crippen LogP contribution in [-0.4, -0.2) is 0 Å². The molecule has 33 heavy (non-hydrogen) atoms. The zero-order valence-corrected chi connectivity index (χ0v) is 22.4. The lowest BCUT2D eigenvalue weighted by molar-refractivity contribution is 0.544. The summed E-state index contributed by atoms with van der Waals surface area (Å²) in [6.45, 7) is 25.3. The maximum Gasteiger partial charge on any atom is 0.0178 e. The van der Waals surface area contributed by atoms with Crippen molar-refractivity contribution in [3.8, 4) is 0 Å². The van der Waals surface area contributed by atoms with Gasteiger partial charge in [-0.05, 0) is 95.2 Å². The molecule has 0 N–H and O–H groups in total. The Kier molecular flexibility index (Phi) is 5.67. The average Bonchev–Trinajstić information content (AvgIpc) is 2.98. The zero-order chi connectivity index (χ0) is 24.3. The summed E-state index contributed by atoms with van der Waals surface area (Å²) in [6, 6.07) is 14.4. The second kappa shape index (κ2) is 7.86. The van der Waals surface area contributed by atoms with Gasteiger partial charge in [-0.2, -0.15) is 0 Å². The number of fused-ring (bicyclic) bond motifs is 2. The topological polar surface area (TPSA) is 0 Å². The van der Waals surface area contributed by atoms with E-state index in [0.717, 1.165) is 18.4 Å². The zero-order valence-electron chi connectivity index (χ0n) is 22.4. The molecule has 0 spiro atoms. The van der Waals surface area contributed by atoms with Crippen LogP contribution < -0.4 is 0 Å². The van der Waals surface area contributed by atoms with Crippen LogP contribution in [0.5, 0.6) is 0 Å². The maximum atomic E-state index is 4.42. The van der Waals surface area contributed by atoms with Gasteiger partial charge in [-0.3, -0.25) is 0 Å². The van der Waals surface area contributed by atoms with Gasteiger partial charge in [-0.15, -0.1) is 0 Å². The van der Waals surface area contributed by atoms with E-state index in [4.69, 9.17) is 0 Å². The molecule has 0 saturated carbocycles. The summed E-state index contributed by atoms with van der Waals surface area (Å²) in [7, 11) is 0. The van der Waals surface area contributed by atoms with E-state index in [9.17, 15) is 0 Å². The minimum Gasteiger partial charge on any atom is -0.0955 e. The molecule has 0 bridgehead atoms.